The Kier molecular flexibility index (Phi) is 9.60. The standard InChI is InChI=1S/C28H41N5O5/c1-19(2)25-28(37)33-15-8-9-20(33)18-38-23-11-5-4-10-21(23)26(35)30-22(17-24(34)31-25)27(36)29-12-16-32-13-6-3-7-14-32/h4-5,10-11,19-20,22,25H,3,6-9,12-18H2,1-2H3,(H,29,36)(H,30,35)(H,31,34)/t20-,22+,25+/m1/s1. The number of ether oxygens (including phenoxy) is 1. The predicted octanol–water partition coefficient (Wildman–Crippen LogP) is 1.30. The van der Waals surface area contributed by atoms with Crippen LogP contribution in [0.2, 0.25) is 0 Å². The summed E-state index contributed by atoms with van der Waals surface area (Å²) in [6.45, 7) is 7.78. The van der Waals surface area contributed by atoms with Crippen molar-refractivity contribution in [1.82, 2.24) is 25.8 Å². The molecule has 1 aromatic carbocycles. The quantitative estimate of drug-likeness (QED) is 0.531. The fraction of sp³-hybridized carbons (Fsp3) is 0.643. The van der Waals surface area contributed by atoms with Gasteiger partial charge in [-0.2, -0.15) is 0 Å². The molecule has 38 heavy (non-hydrogen) atoms. The van der Waals surface area contributed by atoms with Crippen molar-refractivity contribution in [3.05, 3.63) is 29.8 Å². The molecule has 0 bridgehead atoms. The van der Waals surface area contributed by atoms with E-state index in [0.717, 1.165) is 45.3 Å². The van der Waals surface area contributed by atoms with Gasteiger partial charge in [0.15, 0.2) is 0 Å². The number of likely N-dealkylation sites (tertiary alicyclic amines) is 1. The van der Waals surface area contributed by atoms with Crippen LogP contribution >= 0.6 is 0 Å². The molecule has 0 saturated carbocycles. The van der Waals surface area contributed by atoms with Gasteiger partial charge in [-0.05, 0) is 56.8 Å². The van der Waals surface area contributed by atoms with E-state index >= 15 is 0 Å². The van der Waals surface area contributed by atoms with Gasteiger partial charge in [-0.3, -0.25) is 19.2 Å². The summed E-state index contributed by atoms with van der Waals surface area (Å²) >= 11 is 0. The Labute approximate surface area is 224 Å². The summed E-state index contributed by atoms with van der Waals surface area (Å²) in [4.78, 5) is 57.2. The van der Waals surface area contributed by atoms with E-state index in [1.807, 2.05) is 13.8 Å². The first kappa shape index (κ1) is 27.9. The zero-order valence-electron chi connectivity index (χ0n) is 22.5. The highest BCUT2D eigenvalue weighted by atomic mass is 16.5. The molecule has 4 amide bonds. The Morgan fingerprint density at radius 1 is 1.05 bits per heavy atom. The van der Waals surface area contributed by atoms with Crippen LogP contribution in [0, 0.1) is 5.92 Å². The monoisotopic (exact) mass is 527 g/mol. The molecule has 0 spiro atoms. The Morgan fingerprint density at radius 3 is 2.58 bits per heavy atom. The number of amides is 4. The minimum atomic E-state index is -1.10. The normalized spacial score (nSPS) is 25.5. The lowest BCUT2D eigenvalue weighted by Gasteiger charge is -2.32. The third-order valence-corrected chi connectivity index (χ3v) is 7.66. The lowest BCUT2D eigenvalue weighted by Crippen LogP contribution is -2.55. The minimum Gasteiger partial charge on any atom is -0.491 e. The second-order valence-corrected chi connectivity index (χ2v) is 10.8. The molecule has 3 heterocycles. The van der Waals surface area contributed by atoms with Crippen molar-refractivity contribution in [2.75, 3.05) is 39.3 Å². The van der Waals surface area contributed by atoms with Crippen LogP contribution in [0.4, 0.5) is 0 Å². The van der Waals surface area contributed by atoms with Gasteiger partial charge in [0.1, 0.15) is 24.4 Å². The fourth-order valence-electron chi connectivity index (χ4n) is 5.46. The number of carbonyl (C=O) groups excluding carboxylic acids is 4. The molecule has 3 aliphatic rings. The summed E-state index contributed by atoms with van der Waals surface area (Å²) < 4.78 is 6.06. The fourth-order valence-corrected chi connectivity index (χ4v) is 5.46. The lowest BCUT2D eigenvalue weighted by atomic mass is 10.0. The molecule has 0 aliphatic carbocycles. The van der Waals surface area contributed by atoms with Crippen LogP contribution in [0.1, 0.15) is 62.7 Å². The van der Waals surface area contributed by atoms with Gasteiger partial charge in [0.25, 0.3) is 5.91 Å². The van der Waals surface area contributed by atoms with E-state index in [1.54, 1.807) is 29.2 Å². The SMILES string of the molecule is CC(C)[C@@H]1NC(=O)C[C@@H](C(=O)NCCN2CCCCC2)NC(=O)c2ccccc2OC[C@H]2CCCN2C1=O. The number of fused-ring (bicyclic) bond motifs is 2. The van der Waals surface area contributed by atoms with Crippen LogP contribution in [0.25, 0.3) is 0 Å². The van der Waals surface area contributed by atoms with Crippen molar-refractivity contribution in [1.29, 1.82) is 0 Å². The molecule has 2 fully saturated rings. The highest BCUT2D eigenvalue weighted by Gasteiger charge is 2.37. The van der Waals surface area contributed by atoms with Crippen molar-refractivity contribution in [3.63, 3.8) is 0 Å². The summed E-state index contributed by atoms with van der Waals surface area (Å²) in [5.74, 6) is -1.27. The average molecular weight is 528 g/mol. The van der Waals surface area contributed by atoms with E-state index in [2.05, 4.69) is 20.9 Å². The molecule has 208 valence electrons. The molecule has 3 aliphatic heterocycles. The van der Waals surface area contributed by atoms with E-state index in [1.165, 1.54) is 6.42 Å². The summed E-state index contributed by atoms with van der Waals surface area (Å²) in [5, 5.41) is 8.49. The van der Waals surface area contributed by atoms with Gasteiger partial charge in [-0.1, -0.05) is 32.4 Å². The van der Waals surface area contributed by atoms with Gasteiger partial charge in [-0.15, -0.1) is 0 Å². The molecule has 10 heteroatoms. The maximum Gasteiger partial charge on any atom is 0.255 e. The summed E-state index contributed by atoms with van der Waals surface area (Å²) in [6, 6.07) is 4.88. The Balaban J connectivity index is 1.54. The molecule has 2 saturated heterocycles. The van der Waals surface area contributed by atoms with Gasteiger partial charge in [-0.25, -0.2) is 0 Å². The summed E-state index contributed by atoms with van der Waals surface area (Å²) in [6.07, 6.45) is 4.91. The van der Waals surface area contributed by atoms with Crippen LogP contribution in [0.15, 0.2) is 24.3 Å². The average Bonchev–Trinajstić information content (AvgIpc) is 3.38. The zero-order valence-corrected chi connectivity index (χ0v) is 22.5. The second-order valence-electron chi connectivity index (χ2n) is 10.8. The molecule has 4 rings (SSSR count). The van der Waals surface area contributed by atoms with Gasteiger partial charge in [0, 0.05) is 19.6 Å². The van der Waals surface area contributed by atoms with Crippen LogP contribution in [-0.4, -0.2) is 90.9 Å². The molecule has 1 aromatic rings. The first-order valence-corrected chi connectivity index (χ1v) is 14.0. The molecule has 0 unspecified atom stereocenters. The molecule has 0 aromatic heterocycles. The van der Waals surface area contributed by atoms with Crippen molar-refractivity contribution in [2.45, 2.75) is 70.5 Å². The minimum absolute atomic E-state index is 0.141. The molecular weight excluding hydrogens is 486 g/mol. The summed E-state index contributed by atoms with van der Waals surface area (Å²) in [5.41, 5.74) is 0.284. The number of nitrogens with zero attached hydrogens (tertiary/aromatic N) is 2. The van der Waals surface area contributed by atoms with Crippen molar-refractivity contribution in [2.24, 2.45) is 5.92 Å². The number of hydrogen-bond acceptors (Lipinski definition) is 6. The van der Waals surface area contributed by atoms with E-state index in [-0.39, 0.29) is 36.5 Å². The third-order valence-electron chi connectivity index (χ3n) is 7.66. The van der Waals surface area contributed by atoms with Gasteiger partial charge in [0.2, 0.25) is 17.7 Å². The molecule has 10 nitrogen and oxygen atoms in total. The van der Waals surface area contributed by atoms with Gasteiger partial charge >= 0.3 is 0 Å². The molecule has 3 atom stereocenters. The number of carbonyl (C=O) groups is 4. The van der Waals surface area contributed by atoms with Crippen molar-refractivity contribution >= 4 is 23.6 Å². The Morgan fingerprint density at radius 2 is 1.82 bits per heavy atom. The first-order chi connectivity index (χ1) is 18.3. The van der Waals surface area contributed by atoms with Crippen LogP contribution in [0.5, 0.6) is 5.75 Å². The Hall–Kier alpha value is -3.14. The highest BCUT2D eigenvalue weighted by molar-refractivity contribution is 6.01. The number of rotatable bonds is 5. The van der Waals surface area contributed by atoms with E-state index < -0.39 is 29.8 Å². The van der Waals surface area contributed by atoms with E-state index in [9.17, 15) is 19.2 Å². The predicted molar refractivity (Wildman–Crippen MR) is 143 cm³/mol. The molecule has 0 radical (unpaired) electrons. The number of piperidine rings is 1. The van der Waals surface area contributed by atoms with Crippen LogP contribution < -0.4 is 20.7 Å². The number of nitrogens with one attached hydrogen (secondary N) is 3. The van der Waals surface area contributed by atoms with Crippen molar-refractivity contribution < 1.29 is 23.9 Å². The number of para-hydroxylation sites is 1. The summed E-state index contributed by atoms with van der Waals surface area (Å²) in [7, 11) is 0. The largest absolute Gasteiger partial charge is 0.491 e. The first-order valence-electron chi connectivity index (χ1n) is 14.0. The maximum absolute atomic E-state index is 13.5. The van der Waals surface area contributed by atoms with Crippen LogP contribution in [0.3, 0.4) is 0 Å². The van der Waals surface area contributed by atoms with E-state index in [0.29, 0.717) is 18.8 Å². The second kappa shape index (κ2) is 13.1. The third kappa shape index (κ3) is 7.03. The molecular formula is C28H41N5O5. The van der Waals surface area contributed by atoms with Crippen LogP contribution in [-0.2, 0) is 14.4 Å². The number of benzene rings is 1. The van der Waals surface area contributed by atoms with E-state index in [4.69, 9.17) is 4.74 Å². The maximum atomic E-state index is 13.5. The Bertz CT molecular complexity index is 1010. The lowest BCUT2D eigenvalue weighted by molar-refractivity contribution is -0.139. The zero-order chi connectivity index (χ0) is 27.1. The molecule has 3 N–H and O–H groups in total. The topological polar surface area (TPSA) is 120 Å². The highest BCUT2D eigenvalue weighted by Crippen LogP contribution is 2.24. The van der Waals surface area contributed by atoms with Gasteiger partial charge in [0.05, 0.1) is 18.0 Å². The smallest absolute Gasteiger partial charge is 0.255 e. The van der Waals surface area contributed by atoms with Crippen molar-refractivity contribution in [3.8, 4) is 5.75 Å². The number of hydrogen-bond donors (Lipinski definition) is 3. The van der Waals surface area contributed by atoms with Gasteiger partial charge < -0.3 is 30.5 Å².